The Labute approximate surface area is 136 Å². The lowest BCUT2D eigenvalue weighted by Crippen LogP contribution is -2.53. The van der Waals surface area contributed by atoms with E-state index in [9.17, 15) is 4.79 Å². The Balaban J connectivity index is 1.25. The molecule has 0 radical (unpaired) electrons. The Morgan fingerprint density at radius 2 is 1.70 bits per heavy atom. The van der Waals surface area contributed by atoms with E-state index >= 15 is 0 Å². The molecule has 4 rings (SSSR count). The second-order valence-corrected chi connectivity index (χ2v) is 6.91. The monoisotopic (exact) mass is 319 g/mol. The van der Waals surface area contributed by atoms with Gasteiger partial charge >= 0.3 is 6.03 Å². The number of amides is 2. The molecule has 7 nitrogen and oxygen atoms in total. The van der Waals surface area contributed by atoms with E-state index in [4.69, 9.17) is 4.52 Å². The van der Waals surface area contributed by atoms with Crippen molar-refractivity contribution in [2.45, 2.75) is 44.6 Å². The molecule has 3 aliphatic rings. The molecule has 1 aromatic rings. The molecule has 2 saturated heterocycles. The number of carbonyl (C=O) groups is 1. The van der Waals surface area contributed by atoms with Crippen LogP contribution in [-0.4, -0.2) is 70.1 Å². The van der Waals surface area contributed by atoms with Gasteiger partial charge in [0.05, 0.1) is 6.54 Å². The lowest BCUT2D eigenvalue weighted by molar-refractivity contribution is 0.0998. The zero-order valence-corrected chi connectivity index (χ0v) is 13.6. The van der Waals surface area contributed by atoms with E-state index in [0.717, 1.165) is 57.9 Å². The molecule has 0 aromatic carbocycles. The second-order valence-electron chi connectivity index (χ2n) is 6.91. The first-order valence-electron chi connectivity index (χ1n) is 8.88. The fraction of sp³-hybridized carbons (Fsp3) is 0.812. The Bertz CT molecular complexity index is 542. The predicted octanol–water partition coefficient (Wildman–Crippen LogP) is 1.67. The third-order valence-electron chi connectivity index (χ3n) is 5.05. The number of likely N-dealkylation sites (tertiary alicyclic amines) is 1. The minimum absolute atomic E-state index is 0.221. The van der Waals surface area contributed by atoms with Crippen LogP contribution in [0.25, 0.3) is 0 Å². The molecule has 1 aromatic heterocycles. The summed E-state index contributed by atoms with van der Waals surface area (Å²) < 4.78 is 5.35. The van der Waals surface area contributed by atoms with Crippen molar-refractivity contribution in [3.05, 3.63) is 11.7 Å². The number of hydrogen-bond acceptors (Lipinski definition) is 5. The predicted molar refractivity (Wildman–Crippen MR) is 83.9 cm³/mol. The zero-order valence-electron chi connectivity index (χ0n) is 13.6. The average Bonchev–Trinajstić information content (AvgIpc) is 3.36. The van der Waals surface area contributed by atoms with Crippen LogP contribution in [0.4, 0.5) is 4.79 Å². The van der Waals surface area contributed by atoms with Gasteiger partial charge in [0, 0.05) is 45.2 Å². The van der Waals surface area contributed by atoms with Gasteiger partial charge in [-0.05, 0) is 32.1 Å². The molecule has 0 spiro atoms. The molecule has 7 heteroatoms. The van der Waals surface area contributed by atoms with Crippen molar-refractivity contribution in [1.29, 1.82) is 0 Å². The van der Waals surface area contributed by atoms with Crippen molar-refractivity contribution < 1.29 is 9.32 Å². The Morgan fingerprint density at radius 1 is 1.00 bits per heavy atom. The normalized spacial score (nSPS) is 23.3. The van der Waals surface area contributed by atoms with E-state index in [1.165, 1.54) is 19.3 Å². The summed E-state index contributed by atoms with van der Waals surface area (Å²) in [6.45, 7) is 5.88. The van der Waals surface area contributed by atoms with Crippen molar-refractivity contribution in [1.82, 2.24) is 24.8 Å². The zero-order chi connectivity index (χ0) is 15.6. The summed E-state index contributed by atoms with van der Waals surface area (Å²) in [6, 6.07) is 0.221. The summed E-state index contributed by atoms with van der Waals surface area (Å²) >= 11 is 0. The first kappa shape index (κ1) is 14.9. The number of urea groups is 1. The molecule has 2 amide bonds. The van der Waals surface area contributed by atoms with Gasteiger partial charge in [-0.15, -0.1) is 0 Å². The van der Waals surface area contributed by atoms with E-state index in [-0.39, 0.29) is 6.03 Å². The van der Waals surface area contributed by atoms with Gasteiger partial charge in [-0.1, -0.05) is 5.16 Å². The molecule has 1 saturated carbocycles. The molecule has 23 heavy (non-hydrogen) atoms. The Morgan fingerprint density at radius 3 is 2.39 bits per heavy atom. The summed E-state index contributed by atoms with van der Waals surface area (Å²) in [5, 5.41) is 4.06. The molecule has 3 heterocycles. The number of hydrogen-bond donors (Lipinski definition) is 0. The van der Waals surface area contributed by atoms with E-state index in [2.05, 4.69) is 15.0 Å². The molecular formula is C16H25N5O2. The van der Waals surface area contributed by atoms with Crippen LogP contribution in [0.5, 0.6) is 0 Å². The van der Waals surface area contributed by atoms with Crippen LogP contribution in [0.3, 0.4) is 0 Å². The minimum atomic E-state index is 0.221. The molecule has 126 valence electrons. The highest BCUT2D eigenvalue weighted by Gasteiger charge is 2.30. The summed E-state index contributed by atoms with van der Waals surface area (Å²) in [5.41, 5.74) is 0. The maximum atomic E-state index is 12.5. The van der Waals surface area contributed by atoms with Crippen LogP contribution in [-0.2, 0) is 6.54 Å². The molecule has 0 unspecified atom stereocenters. The number of nitrogens with zero attached hydrogens (tertiary/aromatic N) is 5. The summed E-state index contributed by atoms with van der Waals surface area (Å²) in [7, 11) is 0. The highest BCUT2D eigenvalue weighted by atomic mass is 16.5. The SMILES string of the molecule is O=C(N1CCCCC1)N1CCN(Cc2nc(C3CC3)no2)CC1. The van der Waals surface area contributed by atoms with Crippen LogP contribution in [0, 0.1) is 0 Å². The number of rotatable bonds is 3. The van der Waals surface area contributed by atoms with E-state index in [0.29, 0.717) is 18.4 Å². The third-order valence-corrected chi connectivity index (χ3v) is 5.05. The quantitative estimate of drug-likeness (QED) is 0.848. The van der Waals surface area contributed by atoms with E-state index in [1.54, 1.807) is 0 Å². The number of piperazine rings is 1. The fourth-order valence-electron chi connectivity index (χ4n) is 3.41. The van der Waals surface area contributed by atoms with Gasteiger partial charge < -0.3 is 14.3 Å². The summed E-state index contributed by atoms with van der Waals surface area (Å²) in [4.78, 5) is 23.3. The lowest BCUT2D eigenvalue weighted by atomic mass is 10.1. The molecule has 3 fully saturated rings. The maximum Gasteiger partial charge on any atom is 0.320 e. The van der Waals surface area contributed by atoms with Crippen molar-refractivity contribution in [3.63, 3.8) is 0 Å². The lowest BCUT2D eigenvalue weighted by Gasteiger charge is -2.38. The van der Waals surface area contributed by atoms with Gasteiger partial charge in [0.2, 0.25) is 5.89 Å². The summed E-state index contributed by atoms with van der Waals surface area (Å²) in [6.07, 6.45) is 5.93. The number of piperidine rings is 1. The molecule has 0 N–H and O–H groups in total. The van der Waals surface area contributed by atoms with Gasteiger partial charge in [0.15, 0.2) is 5.82 Å². The smallest absolute Gasteiger partial charge is 0.320 e. The molecule has 0 atom stereocenters. The highest BCUT2D eigenvalue weighted by Crippen LogP contribution is 2.38. The van der Waals surface area contributed by atoms with E-state index in [1.807, 2.05) is 9.80 Å². The Kier molecular flexibility index (Phi) is 4.20. The van der Waals surface area contributed by atoms with Gasteiger partial charge in [-0.3, -0.25) is 4.90 Å². The first-order valence-corrected chi connectivity index (χ1v) is 8.88. The van der Waals surface area contributed by atoms with E-state index < -0.39 is 0 Å². The standard InChI is InChI=1S/C16H25N5O2/c22-16(20-6-2-1-3-7-20)21-10-8-19(9-11-21)12-14-17-15(18-23-14)13-4-5-13/h13H,1-12H2. The van der Waals surface area contributed by atoms with Crippen LogP contribution in [0.15, 0.2) is 4.52 Å². The minimum Gasteiger partial charge on any atom is -0.338 e. The van der Waals surface area contributed by atoms with Crippen molar-refractivity contribution in [3.8, 4) is 0 Å². The van der Waals surface area contributed by atoms with Crippen molar-refractivity contribution >= 4 is 6.03 Å². The van der Waals surface area contributed by atoms with Gasteiger partial charge in [-0.2, -0.15) is 4.98 Å². The summed E-state index contributed by atoms with van der Waals surface area (Å²) in [5.74, 6) is 2.12. The van der Waals surface area contributed by atoms with Crippen molar-refractivity contribution in [2.24, 2.45) is 0 Å². The second kappa shape index (κ2) is 6.47. The Hall–Kier alpha value is -1.63. The molecular weight excluding hydrogens is 294 g/mol. The first-order chi connectivity index (χ1) is 11.3. The van der Waals surface area contributed by atoms with Gasteiger partial charge in [0.1, 0.15) is 0 Å². The van der Waals surface area contributed by atoms with Crippen LogP contribution in [0.2, 0.25) is 0 Å². The molecule has 0 bridgehead atoms. The van der Waals surface area contributed by atoms with Crippen LogP contribution < -0.4 is 0 Å². The van der Waals surface area contributed by atoms with Crippen molar-refractivity contribution in [2.75, 3.05) is 39.3 Å². The van der Waals surface area contributed by atoms with Crippen LogP contribution in [0.1, 0.15) is 49.7 Å². The van der Waals surface area contributed by atoms with Gasteiger partial charge in [-0.25, -0.2) is 4.79 Å². The molecule has 1 aliphatic carbocycles. The highest BCUT2D eigenvalue weighted by molar-refractivity contribution is 5.74. The van der Waals surface area contributed by atoms with Crippen LogP contribution >= 0.6 is 0 Å². The number of aromatic nitrogens is 2. The maximum absolute atomic E-state index is 12.5. The third kappa shape index (κ3) is 3.49. The average molecular weight is 319 g/mol. The molecule has 2 aliphatic heterocycles. The van der Waals surface area contributed by atoms with Gasteiger partial charge in [0.25, 0.3) is 0 Å². The topological polar surface area (TPSA) is 65.7 Å². The number of carbonyl (C=O) groups excluding carboxylic acids is 1. The fourth-order valence-corrected chi connectivity index (χ4v) is 3.41. The largest absolute Gasteiger partial charge is 0.338 e.